The van der Waals surface area contributed by atoms with E-state index in [-0.39, 0.29) is 5.82 Å². The average molecular weight is 220 g/mol. The number of anilines is 1. The summed E-state index contributed by atoms with van der Waals surface area (Å²) in [5.41, 5.74) is 6.33. The van der Waals surface area contributed by atoms with Gasteiger partial charge in [-0.25, -0.2) is 4.39 Å². The third-order valence-electron chi connectivity index (χ3n) is 1.83. The SMILES string of the molecule is Nc1cnccc1Sc1cccc(F)c1. The number of pyridine rings is 1. The second-order valence-electron chi connectivity index (χ2n) is 2.97. The Balaban J connectivity index is 2.26. The molecule has 2 N–H and O–H groups in total. The molecule has 2 rings (SSSR count). The van der Waals surface area contributed by atoms with E-state index in [9.17, 15) is 4.39 Å². The zero-order valence-electron chi connectivity index (χ0n) is 7.85. The number of aromatic nitrogens is 1. The van der Waals surface area contributed by atoms with Gasteiger partial charge in [-0.2, -0.15) is 0 Å². The predicted octanol–water partition coefficient (Wildman–Crippen LogP) is 2.95. The predicted molar refractivity (Wildman–Crippen MR) is 59.2 cm³/mol. The summed E-state index contributed by atoms with van der Waals surface area (Å²) in [6.45, 7) is 0. The fourth-order valence-electron chi connectivity index (χ4n) is 1.14. The Bertz CT molecular complexity index is 474. The molecular weight excluding hydrogens is 211 g/mol. The molecule has 0 amide bonds. The van der Waals surface area contributed by atoms with E-state index in [0.717, 1.165) is 9.79 Å². The molecule has 76 valence electrons. The number of nitrogen functional groups attached to an aromatic ring is 1. The van der Waals surface area contributed by atoms with Gasteiger partial charge in [-0.3, -0.25) is 4.98 Å². The van der Waals surface area contributed by atoms with Gasteiger partial charge in [0.1, 0.15) is 5.82 Å². The number of benzene rings is 1. The van der Waals surface area contributed by atoms with Crippen LogP contribution in [-0.4, -0.2) is 4.98 Å². The molecule has 1 aromatic carbocycles. The van der Waals surface area contributed by atoms with Crippen LogP contribution in [0.15, 0.2) is 52.5 Å². The summed E-state index contributed by atoms with van der Waals surface area (Å²) < 4.78 is 12.9. The van der Waals surface area contributed by atoms with Crippen LogP contribution in [0.5, 0.6) is 0 Å². The number of nitrogens with zero attached hydrogens (tertiary/aromatic N) is 1. The van der Waals surface area contributed by atoms with Crippen LogP contribution in [0.1, 0.15) is 0 Å². The van der Waals surface area contributed by atoms with Crippen molar-refractivity contribution in [2.45, 2.75) is 9.79 Å². The van der Waals surface area contributed by atoms with Crippen LogP contribution < -0.4 is 5.73 Å². The number of hydrogen-bond donors (Lipinski definition) is 1. The standard InChI is InChI=1S/C11H9FN2S/c12-8-2-1-3-9(6-8)15-11-4-5-14-7-10(11)13/h1-7H,13H2. The molecule has 0 radical (unpaired) electrons. The molecule has 1 heterocycles. The third-order valence-corrected chi connectivity index (χ3v) is 2.92. The highest BCUT2D eigenvalue weighted by molar-refractivity contribution is 7.99. The van der Waals surface area contributed by atoms with Gasteiger partial charge in [0.15, 0.2) is 0 Å². The van der Waals surface area contributed by atoms with Crippen LogP contribution in [-0.2, 0) is 0 Å². The molecule has 0 unspecified atom stereocenters. The van der Waals surface area contributed by atoms with Crippen LogP contribution >= 0.6 is 11.8 Å². The van der Waals surface area contributed by atoms with E-state index in [4.69, 9.17) is 5.73 Å². The average Bonchev–Trinajstić information content (AvgIpc) is 2.22. The molecule has 0 bridgehead atoms. The van der Waals surface area contributed by atoms with Crippen molar-refractivity contribution in [3.63, 3.8) is 0 Å². The fraction of sp³-hybridized carbons (Fsp3) is 0. The minimum absolute atomic E-state index is 0.243. The minimum atomic E-state index is -0.243. The van der Waals surface area contributed by atoms with Crippen molar-refractivity contribution in [2.75, 3.05) is 5.73 Å². The van der Waals surface area contributed by atoms with E-state index in [1.165, 1.54) is 23.9 Å². The lowest BCUT2D eigenvalue weighted by molar-refractivity contribution is 0.624. The van der Waals surface area contributed by atoms with Crippen molar-refractivity contribution in [3.8, 4) is 0 Å². The molecule has 0 aliphatic rings. The van der Waals surface area contributed by atoms with E-state index in [0.29, 0.717) is 5.69 Å². The van der Waals surface area contributed by atoms with Gasteiger partial charge in [0.2, 0.25) is 0 Å². The number of halogens is 1. The van der Waals surface area contributed by atoms with Crippen molar-refractivity contribution in [1.29, 1.82) is 0 Å². The van der Waals surface area contributed by atoms with Gasteiger partial charge in [-0.1, -0.05) is 17.8 Å². The highest BCUT2D eigenvalue weighted by Crippen LogP contribution is 2.31. The minimum Gasteiger partial charge on any atom is -0.397 e. The van der Waals surface area contributed by atoms with Crippen molar-refractivity contribution in [1.82, 2.24) is 4.98 Å². The Kier molecular flexibility index (Phi) is 2.87. The largest absolute Gasteiger partial charge is 0.397 e. The van der Waals surface area contributed by atoms with Gasteiger partial charge in [0.25, 0.3) is 0 Å². The zero-order chi connectivity index (χ0) is 10.7. The van der Waals surface area contributed by atoms with E-state index < -0.39 is 0 Å². The van der Waals surface area contributed by atoms with Gasteiger partial charge in [-0.15, -0.1) is 0 Å². The first-order valence-corrected chi connectivity index (χ1v) is 5.20. The van der Waals surface area contributed by atoms with Gasteiger partial charge in [0, 0.05) is 16.0 Å². The Hall–Kier alpha value is -1.55. The molecule has 0 spiro atoms. The zero-order valence-corrected chi connectivity index (χ0v) is 8.67. The van der Waals surface area contributed by atoms with E-state index in [1.807, 2.05) is 12.1 Å². The van der Waals surface area contributed by atoms with E-state index in [2.05, 4.69) is 4.98 Å². The van der Waals surface area contributed by atoms with E-state index >= 15 is 0 Å². The highest BCUT2D eigenvalue weighted by atomic mass is 32.2. The Morgan fingerprint density at radius 3 is 2.87 bits per heavy atom. The summed E-state index contributed by atoms with van der Waals surface area (Å²) in [5.74, 6) is -0.243. The normalized spacial score (nSPS) is 10.2. The van der Waals surface area contributed by atoms with Crippen LogP contribution in [0.4, 0.5) is 10.1 Å². The molecule has 0 saturated carbocycles. The second kappa shape index (κ2) is 4.31. The molecule has 0 atom stereocenters. The van der Waals surface area contributed by atoms with E-state index in [1.54, 1.807) is 18.5 Å². The molecule has 2 nitrogen and oxygen atoms in total. The quantitative estimate of drug-likeness (QED) is 0.845. The Morgan fingerprint density at radius 1 is 1.27 bits per heavy atom. The second-order valence-corrected chi connectivity index (χ2v) is 4.09. The number of hydrogen-bond acceptors (Lipinski definition) is 3. The monoisotopic (exact) mass is 220 g/mol. The lowest BCUT2D eigenvalue weighted by atomic mass is 10.3. The molecule has 0 aliphatic heterocycles. The molecule has 0 aliphatic carbocycles. The summed E-state index contributed by atoms with van der Waals surface area (Å²) in [5, 5.41) is 0. The maximum atomic E-state index is 12.9. The molecule has 4 heteroatoms. The molecule has 0 saturated heterocycles. The lowest BCUT2D eigenvalue weighted by Gasteiger charge is -2.03. The summed E-state index contributed by atoms with van der Waals surface area (Å²) in [6.07, 6.45) is 3.25. The summed E-state index contributed by atoms with van der Waals surface area (Å²) >= 11 is 1.42. The van der Waals surface area contributed by atoms with Crippen LogP contribution in [0, 0.1) is 5.82 Å². The van der Waals surface area contributed by atoms with Gasteiger partial charge in [0.05, 0.1) is 11.9 Å². The third kappa shape index (κ3) is 2.47. The van der Waals surface area contributed by atoms with Gasteiger partial charge in [-0.05, 0) is 24.3 Å². The molecule has 2 aromatic rings. The Morgan fingerprint density at radius 2 is 2.13 bits per heavy atom. The molecular formula is C11H9FN2S. The maximum absolute atomic E-state index is 12.9. The van der Waals surface area contributed by atoms with Crippen LogP contribution in [0.3, 0.4) is 0 Å². The summed E-state index contributed by atoms with van der Waals surface area (Å²) in [6, 6.07) is 8.22. The number of nitrogens with two attached hydrogens (primary N) is 1. The maximum Gasteiger partial charge on any atom is 0.124 e. The van der Waals surface area contributed by atoms with Crippen molar-refractivity contribution in [2.24, 2.45) is 0 Å². The summed E-state index contributed by atoms with van der Waals surface area (Å²) in [4.78, 5) is 5.60. The first-order valence-electron chi connectivity index (χ1n) is 4.38. The van der Waals surface area contributed by atoms with Crippen LogP contribution in [0.2, 0.25) is 0 Å². The van der Waals surface area contributed by atoms with Gasteiger partial charge >= 0.3 is 0 Å². The van der Waals surface area contributed by atoms with Crippen LogP contribution in [0.25, 0.3) is 0 Å². The highest BCUT2D eigenvalue weighted by Gasteiger charge is 2.01. The van der Waals surface area contributed by atoms with Crippen molar-refractivity contribution >= 4 is 17.4 Å². The lowest BCUT2D eigenvalue weighted by Crippen LogP contribution is -1.88. The molecule has 15 heavy (non-hydrogen) atoms. The Labute approximate surface area is 91.3 Å². The first kappa shape index (κ1) is 9.98. The van der Waals surface area contributed by atoms with Crippen molar-refractivity contribution in [3.05, 3.63) is 48.5 Å². The van der Waals surface area contributed by atoms with Gasteiger partial charge < -0.3 is 5.73 Å². The molecule has 0 fully saturated rings. The topological polar surface area (TPSA) is 38.9 Å². The van der Waals surface area contributed by atoms with Crippen molar-refractivity contribution < 1.29 is 4.39 Å². The molecule has 1 aromatic heterocycles. The summed E-state index contributed by atoms with van der Waals surface area (Å²) in [7, 11) is 0. The fourth-order valence-corrected chi connectivity index (χ4v) is 2.02. The first-order chi connectivity index (χ1) is 7.25. The smallest absolute Gasteiger partial charge is 0.124 e. The number of rotatable bonds is 2.